The first-order chi connectivity index (χ1) is 8.74. The van der Waals surface area contributed by atoms with Gasteiger partial charge in [-0.25, -0.2) is 4.39 Å². The number of hydrogen-bond acceptors (Lipinski definition) is 1. The minimum absolute atomic E-state index is 0.0867. The molecule has 0 aliphatic heterocycles. The Kier molecular flexibility index (Phi) is 3.38. The van der Waals surface area contributed by atoms with E-state index in [-0.39, 0.29) is 5.82 Å². The second-order valence-electron chi connectivity index (χ2n) is 5.98. The molecular weight excluding hydrogens is 225 g/mol. The highest BCUT2D eigenvalue weighted by atomic mass is 19.1. The van der Waals surface area contributed by atoms with Gasteiger partial charge in [0.2, 0.25) is 0 Å². The lowest BCUT2D eigenvalue weighted by atomic mass is 9.86. The van der Waals surface area contributed by atoms with Gasteiger partial charge in [0, 0.05) is 6.04 Å². The molecule has 3 rings (SSSR count). The van der Waals surface area contributed by atoms with Gasteiger partial charge in [-0.2, -0.15) is 0 Å². The number of halogens is 1. The van der Waals surface area contributed by atoms with Crippen LogP contribution in [-0.4, -0.2) is 12.6 Å². The summed E-state index contributed by atoms with van der Waals surface area (Å²) >= 11 is 0. The molecule has 98 valence electrons. The zero-order valence-electron chi connectivity index (χ0n) is 11.1. The van der Waals surface area contributed by atoms with E-state index in [1.807, 2.05) is 6.07 Å². The van der Waals surface area contributed by atoms with Crippen LogP contribution < -0.4 is 5.32 Å². The first kappa shape index (κ1) is 12.2. The summed E-state index contributed by atoms with van der Waals surface area (Å²) in [6, 6.07) is 6.04. The van der Waals surface area contributed by atoms with Gasteiger partial charge in [-0.1, -0.05) is 12.5 Å². The van der Waals surface area contributed by atoms with Crippen molar-refractivity contribution in [2.24, 2.45) is 5.92 Å². The predicted octanol–water partition coefficient (Wildman–Crippen LogP) is 3.77. The summed E-state index contributed by atoms with van der Waals surface area (Å²) in [7, 11) is 0. The van der Waals surface area contributed by atoms with Crippen molar-refractivity contribution in [3.05, 3.63) is 35.1 Å². The summed E-state index contributed by atoms with van der Waals surface area (Å²) in [4.78, 5) is 0. The van der Waals surface area contributed by atoms with Crippen LogP contribution in [0, 0.1) is 18.7 Å². The van der Waals surface area contributed by atoms with E-state index in [0.29, 0.717) is 11.8 Å². The standard InChI is InChI=1S/C16H22FN/c1-11-5-6-13(17)9-16(11)15-4-2-3-12(15)10-18-14-7-8-14/h5-6,9,12,14-15,18H,2-4,7-8,10H2,1H3. The largest absolute Gasteiger partial charge is 0.314 e. The molecule has 2 saturated carbocycles. The Morgan fingerprint density at radius 1 is 1.22 bits per heavy atom. The minimum Gasteiger partial charge on any atom is -0.314 e. The highest BCUT2D eigenvalue weighted by Gasteiger charge is 2.31. The number of hydrogen-bond donors (Lipinski definition) is 1. The second kappa shape index (κ2) is 5.00. The molecule has 2 atom stereocenters. The third kappa shape index (κ3) is 2.59. The molecule has 2 aliphatic carbocycles. The van der Waals surface area contributed by atoms with Crippen LogP contribution >= 0.6 is 0 Å². The van der Waals surface area contributed by atoms with Crippen LogP contribution in [0.3, 0.4) is 0 Å². The molecule has 0 bridgehead atoms. The zero-order chi connectivity index (χ0) is 12.5. The fourth-order valence-corrected chi connectivity index (χ4v) is 3.31. The molecule has 0 saturated heterocycles. The Morgan fingerprint density at radius 3 is 2.83 bits per heavy atom. The van der Waals surface area contributed by atoms with Gasteiger partial charge < -0.3 is 5.32 Å². The van der Waals surface area contributed by atoms with Crippen molar-refractivity contribution in [3.63, 3.8) is 0 Å². The smallest absolute Gasteiger partial charge is 0.123 e. The molecule has 2 heteroatoms. The highest BCUT2D eigenvalue weighted by molar-refractivity contribution is 5.31. The van der Waals surface area contributed by atoms with Gasteiger partial charge >= 0.3 is 0 Å². The number of benzene rings is 1. The zero-order valence-corrected chi connectivity index (χ0v) is 11.1. The third-order valence-electron chi connectivity index (χ3n) is 4.55. The van der Waals surface area contributed by atoms with Crippen LogP contribution in [-0.2, 0) is 0 Å². The summed E-state index contributed by atoms with van der Waals surface area (Å²) in [6.45, 7) is 3.23. The van der Waals surface area contributed by atoms with Crippen LogP contribution in [0.1, 0.15) is 49.1 Å². The number of aryl methyl sites for hydroxylation is 1. The van der Waals surface area contributed by atoms with Gasteiger partial charge in [0.05, 0.1) is 0 Å². The predicted molar refractivity (Wildman–Crippen MR) is 72.2 cm³/mol. The molecule has 1 nitrogen and oxygen atoms in total. The average Bonchev–Trinajstić information content (AvgIpc) is 3.08. The molecule has 1 aromatic carbocycles. The highest BCUT2D eigenvalue weighted by Crippen LogP contribution is 2.41. The lowest BCUT2D eigenvalue weighted by molar-refractivity contribution is 0.440. The molecule has 2 fully saturated rings. The van der Waals surface area contributed by atoms with Gasteiger partial charge in [0.1, 0.15) is 5.82 Å². The molecule has 2 aliphatic rings. The van der Waals surface area contributed by atoms with E-state index in [1.54, 1.807) is 12.1 Å². The van der Waals surface area contributed by atoms with Crippen LogP contribution in [0.15, 0.2) is 18.2 Å². The number of rotatable bonds is 4. The van der Waals surface area contributed by atoms with E-state index >= 15 is 0 Å². The van der Waals surface area contributed by atoms with Crippen LogP contribution in [0.25, 0.3) is 0 Å². The SMILES string of the molecule is Cc1ccc(F)cc1C1CCCC1CNC1CC1. The van der Waals surface area contributed by atoms with Gasteiger partial charge in [0.25, 0.3) is 0 Å². The lowest BCUT2D eigenvalue weighted by Crippen LogP contribution is -2.26. The van der Waals surface area contributed by atoms with Crippen molar-refractivity contribution in [1.82, 2.24) is 5.32 Å². The van der Waals surface area contributed by atoms with Crippen LogP contribution in [0.5, 0.6) is 0 Å². The van der Waals surface area contributed by atoms with Gasteiger partial charge in [-0.3, -0.25) is 0 Å². The Labute approximate surface area is 109 Å². The first-order valence-electron chi connectivity index (χ1n) is 7.23. The average molecular weight is 247 g/mol. The second-order valence-corrected chi connectivity index (χ2v) is 5.98. The quantitative estimate of drug-likeness (QED) is 0.854. The van der Waals surface area contributed by atoms with E-state index in [9.17, 15) is 4.39 Å². The molecule has 2 unspecified atom stereocenters. The minimum atomic E-state index is -0.0867. The van der Waals surface area contributed by atoms with Gasteiger partial charge in [0.15, 0.2) is 0 Å². The Hall–Kier alpha value is -0.890. The molecular formula is C16H22FN. The van der Waals surface area contributed by atoms with Crippen molar-refractivity contribution in [2.45, 2.75) is 51.0 Å². The van der Waals surface area contributed by atoms with Crippen molar-refractivity contribution < 1.29 is 4.39 Å². The van der Waals surface area contributed by atoms with Crippen molar-refractivity contribution in [1.29, 1.82) is 0 Å². The first-order valence-corrected chi connectivity index (χ1v) is 7.23. The molecule has 18 heavy (non-hydrogen) atoms. The Balaban J connectivity index is 1.73. The molecule has 1 aromatic rings. The summed E-state index contributed by atoms with van der Waals surface area (Å²) in [5, 5.41) is 3.64. The Morgan fingerprint density at radius 2 is 2.06 bits per heavy atom. The van der Waals surface area contributed by atoms with E-state index in [0.717, 1.165) is 12.6 Å². The fourth-order valence-electron chi connectivity index (χ4n) is 3.31. The van der Waals surface area contributed by atoms with E-state index in [1.165, 1.54) is 43.2 Å². The fraction of sp³-hybridized carbons (Fsp3) is 0.625. The maximum Gasteiger partial charge on any atom is 0.123 e. The van der Waals surface area contributed by atoms with E-state index < -0.39 is 0 Å². The topological polar surface area (TPSA) is 12.0 Å². The molecule has 0 heterocycles. The lowest BCUT2D eigenvalue weighted by Gasteiger charge is -2.22. The van der Waals surface area contributed by atoms with Crippen LogP contribution in [0.4, 0.5) is 4.39 Å². The normalized spacial score (nSPS) is 27.7. The molecule has 1 N–H and O–H groups in total. The van der Waals surface area contributed by atoms with E-state index in [4.69, 9.17) is 0 Å². The maximum atomic E-state index is 13.4. The van der Waals surface area contributed by atoms with Gasteiger partial charge in [-0.15, -0.1) is 0 Å². The summed E-state index contributed by atoms with van der Waals surface area (Å²) in [5.41, 5.74) is 2.50. The molecule has 0 aromatic heterocycles. The molecule has 0 amide bonds. The summed E-state index contributed by atoms with van der Waals surface area (Å²) < 4.78 is 13.4. The number of nitrogens with one attached hydrogen (secondary N) is 1. The van der Waals surface area contributed by atoms with Crippen LogP contribution in [0.2, 0.25) is 0 Å². The summed E-state index contributed by atoms with van der Waals surface area (Å²) in [5.74, 6) is 1.18. The van der Waals surface area contributed by atoms with Gasteiger partial charge in [-0.05, 0) is 74.2 Å². The summed E-state index contributed by atoms with van der Waals surface area (Å²) in [6.07, 6.45) is 6.49. The van der Waals surface area contributed by atoms with Crippen molar-refractivity contribution >= 4 is 0 Å². The molecule has 0 spiro atoms. The molecule has 0 radical (unpaired) electrons. The third-order valence-corrected chi connectivity index (χ3v) is 4.55. The monoisotopic (exact) mass is 247 g/mol. The van der Waals surface area contributed by atoms with Crippen molar-refractivity contribution in [3.8, 4) is 0 Å². The maximum absolute atomic E-state index is 13.4. The van der Waals surface area contributed by atoms with Crippen molar-refractivity contribution in [2.75, 3.05) is 6.54 Å². The van der Waals surface area contributed by atoms with E-state index in [2.05, 4.69) is 12.2 Å². The Bertz CT molecular complexity index is 425.